The third-order valence-electron chi connectivity index (χ3n) is 4.90. The van der Waals surface area contributed by atoms with E-state index in [4.69, 9.17) is 0 Å². The lowest BCUT2D eigenvalue weighted by Crippen LogP contribution is -1.84. The van der Waals surface area contributed by atoms with E-state index in [1.54, 1.807) is 0 Å². The summed E-state index contributed by atoms with van der Waals surface area (Å²) in [7, 11) is 0. The first-order valence-electron chi connectivity index (χ1n) is 8.47. The Kier molecular flexibility index (Phi) is 3.70. The molecule has 4 rings (SSSR count). The molecule has 0 saturated carbocycles. The molecule has 118 valence electrons. The molecule has 0 bridgehead atoms. The molecule has 0 nitrogen and oxygen atoms in total. The van der Waals surface area contributed by atoms with Crippen LogP contribution in [0.4, 0.5) is 0 Å². The number of rotatable bonds is 3. The van der Waals surface area contributed by atoms with Crippen molar-refractivity contribution in [2.75, 3.05) is 0 Å². The van der Waals surface area contributed by atoms with E-state index in [1.165, 1.54) is 47.1 Å². The minimum Gasteiger partial charge on any atom is -0.140 e. The van der Waals surface area contributed by atoms with Crippen molar-refractivity contribution in [1.29, 1.82) is 0 Å². The van der Waals surface area contributed by atoms with Crippen molar-refractivity contribution < 1.29 is 0 Å². The zero-order chi connectivity index (χ0) is 16.1. The number of thiophene rings is 2. The molecule has 2 aromatic carbocycles. The molecule has 1 unspecified atom stereocenters. The highest BCUT2D eigenvalue weighted by molar-refractivity contribution is 7.19. The van der Waals surface area contributed by atoms with Crippen LogP contribution in [0.15, 0.2) is 36.4 Å². The van der Waals surface area contributed by atoms with Crippen molar-refractivity contribution in [2.45, 2.75) is 46.0 Å². The van der Waals surface area contributed by atoms with Crippen LogP contribution in [0.5, 0.6) is 0 Å². The van der Waals surface area contributed by atoms with Crippen molar-refractivity contribution in [3.8, 4) is 0 Å². The van der Waals surface area contributed by atoms with Gasteiger partial charge in [0.05, 0.1) is 0 Å². The molecule has 0 aliphatic carbocycles. The van der Waals surface area contributed by atoms with Gasteiger partial charge in [0.15, 0.2) is 0 Å². The van der Waals surface area contributed by atoms with Gasteiger partial charge in [0.1, 0.15) is 0 Å². The molecule has 0 aliphatic rings. The molecule has 4 aromatic rings. The Morgan fingerprint density at radius 2 is 1.26 bits per heavy atom. The van der Waals surface area contributed by atoms with Gasteiger partial charge < -0.3 is 0 Å². The first kappa shape index (κ1) is 15.2. The summed E-state index contributed by atoms with van der Waals surface area (Å²) in [6.07, 6.45) is 1.21. The van der Waals surface area contributed by atoms with Gasteiger partial charge in [0.2, 0.25) is 0 Å². The van der Waals surface area contributed by atoms with Crippen LogP contribution in [0, 0.1) is 0 Å². The second-order valence-electron chi connectivity index (χ2n) is 6.81. The lowest BCUT2D eigenvalue weighted by Gasteiger charge is -2.02. The molecule has 0 saturated heterocycles. The Balaban J connectivity index is 2.02. The summed E-state index contributed by atoms with van der Waals surface area (Å²) in [5.41, 5.74) is 0. The quantitative estimate of drug-likeness (QED) is 0.356. The predicted octanol–water partition coefficient (Wildman–Crippen LogP) is 7.91. The monoisotopic (exact) mass is 338 g/mol. The number of hydrogen-bond donors (Lipinski definition) is 0. The van der Waals surface area contributed by atoms with Crippen molar-refractivity contribution in [1.82, 2.24) is 0 Å². The minimum atomic E-state index is 0.601. The van der Waals surface area contributed by atoms with E-state index in [0.717, 1.165) is 0 Å². The largest absolute Gasteiger partial charge is 0.140 e. The molecule has 0 spiro atoms. The smallest absolute Gasteiger partial charge is 0.0352 e. The normalized spacial score (nSPS) is 13.6. The summed E-state index contributed by atoms with van der Waals surface area (Å²) in [5.74, 6) is 1.25. The van der Waals surface area contributed by atoms with Gasteiger partial charge in [-0.25, -0.2) is 0 Å². The Hall–Kier alpha value is -1.38. The standard InChI is InChI=1S/C21H22S2/c1-5-13(4)21-11-17-15-6-8-18-16(10-20(22-18)12(2)3)14(15)7-9-19(17)23-21/h6-13H,5H2,1-4H3. The first-order chi connectivity index (χ1) is 11.1. The molecule has 2 heteroatoms. The first-order valence-corrected chi connectivity index (χ1v) is 10.1. The van der Waals surface area contributed by atoms with Gasteiger partial charge >= 0.3 is 0 Å². The maximum Gasteiger partial charge on any atom is 0.0352 e. The Morgan fingerprint density at radius 1 is 0.739 bits per heavy atom. The summed E-state index contributed by atoms with van der Waals surface area (Å²) >= 11 is 3.90. The number of hydrogen-bond acceptors (Lipinski definition) is 2. The lowest BCUT2D eigenvalue weighted by molar-refractivity contribution is 0.748. The fraction of sp³-hybridized carbons (Fsp3) is 0.333. The predicted molar refractivity (Wildman–Crippen MR) is 108 cm³/mol. The maximum absolute atomic E-state index is 2.43. The molecule has 0 radical (unpaired) electrons. The zero-order valence-corrected chi connectivity index (χ0v) is 15.8. The van der Waals surface area contributed by atoms with Crippen LogP contribution in [-0.2, 0) is 0 Å². The molecular weight excluding hydrogens is 316 g/mol. The average Bonchev–Trinajstić information content (AvgIpc) is 3.17. The summed E-state index contributed by atoms with van der Waals surface area (Å²) in [5, 5.41) is 5.68. The highest BCUT2D eigenvalue weighted by Crippen LogP contribution is 2.40. The van der Waals surface area contributed by atoms with E-state index in [0.29, 0.717) is 11.8 Å². The van der Waals surface area contributed by atoms with E-state index in [1.807, 2.05) is 22.7 Å². The Bertz CT molecular complexity index is 1000. The third kappa shape index (κ3) is 2.40. The van der Waals surface area contributed by atoms with Gasteiger partial charge in [-0.2, -0.15) is 0 Å². The zero-order valence-electron chi connectivity index (χ0n) is 14.1. The van der Waals surface area contributed by atoms with E-state index in [-0.39, 0.29) is 0 Å². The van der Waals surface area contributed by atoms with Crippen LogP contribution in [0.25, 0.3) is 30.9 Å². The third-order valence-corrected chi connectivity index (χ3v) is 7.63. The fourth-order valence-electron chi connectivity index (χ4n) is 3.21. The van der Waals surface area contributed by atoms with Crippen LogP contribution < -0.4 is 0 Å². The van der Waals surface area contributed by atoms with Crippen molar-refractivity contribution in [3.63, 3.8) is 0 Å². The number of fused-ring (bicyclic) bond motifs is 5. The topological polar surface area (TPSA) is 0 Å². The molecule has 0 fully saturated rings. The highest BCUT2D eigenvalue weighted by atomic mass is 32.1. The molecule has 23 heavy (non-hydrogen) atoms. The van der Waals surface area contributed by atoms with Crippen LogP contribution in [-0.4, -0.2) is 0 Å². The van der Waals surface area contributed by atoms with E-state index in [2.05, 4.69) is 64.1 Å². The number of benzene rings is 2. The second-order valence-corrected chi connectivity index (χ2v) is 9.04. The van der Waals surface area contributed by atoms with Gasteiger partial charge in [-0.3, -0.25) is 0 Å². The molecule has 2 heterocycles. The van der Waals surface area contributed by atoms with Gasteiger partial charge in [-0.05, 0) is 53.3 Å². The lowest BCUT2D eigenvalue weighted by atomic mass is 10.0. The maximum atomic E-state index is 2.43. The summed E-state index contributed by atoms with van der Waals surface area (Å²) in [6, 6.07) is 14.1. The molecule has 0 aliphatic heterocycles. The van der Waals surface area contributed by atoms with Crippen LogP contribution >= 0.6 is 22.7 Å². The van der Waals surface area contributed by atoms with Gasteiger partial charge in [0, 0.05) is 29.9 Å². The SMILES string of the molecule is CCC(C)c1cc2c(ccc3c4cc(C(C)C)sc4ccc23)s1. The van der Waals surface area contributed by atoms with Crippen LogP contribution in [0.3, 0.4) is 0 Å². The molecule has 0 N–H and O–H groups in total. The molecule has 0 amide bonds. The summed E-state index contributed by atoms with van der Waals surface area (Å²) in [4.78, 5) is 3.00. The second kappa shape index (κ2) is 5.61. The van der Waals surface area contributed by atoms with Gasteiger partial charge in [0.25, 0.3) is 0 Å². The Labute approximate surface area is 145 Å². The summed E-state index contributed by atoms with van der Waals surface area (Å²) in [6.45, 7) is 9.17. The van der Waals surface area contributed by atoms with Crippen LogP contribution in [0.2, 0.25) is 0 Å². The minimum absolute atomic E-state index is 0.601. The molecule has 2 aromatic heterocycles. The highest BCUT2D eigenvalue weighted by Gasteiger charge is 2.13. The van der Waals surface area contributed by atoms with Crippen molar-refractivity contribution >= 4 is 53.6 Å². The van der Waals surface area contributed by atoms with Crippen LogP contribution in [0.1, 0.15) is 55.7 Å². The molecule has 1 atom stereocenters. The van der Waals surface area contributed by atoms with E-state index in [9.17, 15) is 0 Å². The Morgan fingerprint density at radius 3 is 1.78 bits per heavy atom. The fourth-order valence-corrected chi connectivity index (χ4v) is 5.51. The van der Waals surface area contributed by atoms with E-state index < -0.39 is 0 Å². The average molecular weight is 339 g/mol. The van der Waals surface area contributed by atoms with Crippen molar-refractivity contribution in [3.05, 3.63) is 46.2 Å². The van der Waals surface area contributed by atoms with E-state index >= 15 is 0 Å². The summed E-state index contributed by atoms with van der Waals surface area (Å²) < 4.78 is 2.84. The van der Waals surface area contributed by atoms with Gasteiger partial charge in [-0.1, -0.05) is 39.8 Å². The van der Waals surface area contributed by atoms with Gasteiger partial charge in [-0.15, -0.1) is 22.7 Å². The molecular formula is C21H22S2. The van der Waals surface area contributed by atoms with Crippen molar-refractivity contribution in [2.24, 2.45) is 0 Å².